The van der Waals surface area contributed by atoms with Crippen LogP contribution < -0.4 is 4.72 Å². The average molecular weight is 205 g/mol. The standard InChI is InChI=1S/C7H15N3O2S/c1-3-10(2)6-5-9-13(11,12)7-4-8/h9H,3,5-7H2,1-2H3. The molecule has 0 fully saturated rings. The molecule has 6 heteroatoms. The minimum atomic E-state index is -3.37. The second-order valence-corrected chi connectivity index (χ2v) is 4.51. The van der Waals surface area contributed by atoms with E-state index in [0.29, 0.717) is 13.1 Å². The molecule has 0 aromatic carbocycles. The first-order chi connectivity index (χ1) is 6.02. The van der Waals surface area contributed by atoms with Crippen LogP contribution in [-0.4, -0.2) is 45.8 Å². The molecule has 0 saturated carbocycles. The van der Waals surface area contributed by atoms with Crippen molar-refractivity contribution < 1.29 is 8.42 Å². The lowest BCUT2D eigenvalue weighted by molar-refractivity contribution is 0.358. The van der Waals surface area contributed by atoms with E-state index in [-0.39, 0.29) is 0 Å². The van der Waals surface area contributed by atoms with Gasteiger partial charge in [0.2, 0.25) is 10.0 Å². The summed E-state index contributed by atoms with van der Waals surface area (Å²) in [7, 11) is -1.47. The van der Waals surface area contributed by atoms with Gasteiger partial charge in [-0.05, 0) is 13.6 Å². The Bertz CT molecular complexity index is 268. The number of nitrogens with one attached hydrogen (secondary N) is 1. The molecule has 0 aliphatic heterocycles. The van der Waals surface area contributed by atoms with Crippen LogP contribution in [0.4, 0.5) is 0 Å². The van der Waals surface area contributed by atoms with Crippen LogP contribution in [-0.2, 0) is 10.0 Å². The lowest BCUT2D eigenvalue weighted by atomic mass is 10.5. The first-order valence-electron chi connectivity index (χ1n) is 4.04. The van der Waals surface area contributed by atoms with Gasteiger partial charge in [-0.2, -0.15) is 5.26 Å². The summed E-state index contributed by atoms with van der Waals surface area (Å²) >= 11 is 0. The first kappa shape index (κ1) is 12.4. The maximum absolute atomic E-state index is 10.9. The predicted octanol–water partition coefficient (Wildman–Crippen LogP) is -0.619. The van der Waals surface area contributed by atoms with E-state index in [9.17, 15) is 8.42 Å². The highest BCUT2D eigenvalue weighted by atomic mass is 32.2. The van der Waals surface area contributed by atoms with Crippen LogP contribution in [0.2, 0.25) is 0 Å². The van der Waals surface area contributed by atoms with Crippen molar-refractivity contribution in [2.45, 2.75) is 6.92 Å². The molecule has 0 aromatic heterocycles. The zero-order valence-electron chi connectivity index (χ0n) is 7.95. The SMILES string of the molecule is CCN(C)CCNS(=O)(=O)CC#N. The third-order valence-electron chi connectivity index (χ3n) is 1.61. The van der Waals surface area contributed by atoms with E-state index in [1.54, 1.807) is 6.07 Å². The fourth-order valence-corrected chi connectivity index (χ4v) is 1.36. The first-order valence-corrected chi connectivity index (χ1v) is 5.70. The molecule has 5 nitrogen and oxygen atoms in total. The molecule has 0 aliphatic carbocycles. The van der Waals surface area contributed by atoms with Gasteiger partial charge in [0.05, 0.1) is 6.07 Å². The monoisotopic (exact) mass is 205 g/mol. The van der Waals surface area contributed by atoms with Crippen LogP contribution in [0.3, 0.4) is 0 Å². The van der Waals surface area contributed by atoms with Crippen LogP contribution in [0.1, 0.15) is 6.92 Å². The smallest absolute Gasteiger partial charge is 0.225 e. The Balaban J connectivity index is 3.72. The third-order valence-corrected chi connectivity index (χ3v) is 2.76. The molecule has 0 saturated heterocycles. The molecular weight excluding hydrogens is 190 g/mol. The van der Waals surface area contributed by atoms with Gasteiger partial charge in [0.25, 0.3) is 0 Å². The van der Waals surface area contributed by atoms with Crippen molar-refractivity contribution in [3.63, 3.8) is 0 Å². The Labute approximate surface area is 79.4 Å². The van der Waals surface area contributed by atoms with Gasteiger partial charge in [0.1, 0.15) is 0 Å². The van der Waals surface area contributed by atoms with E-state index < -0.39 is 15.8 Å². The third kappa shape index (κ3) is 6.51. The molecule has 13 heavy (non-hydrogen) atoms. The largest absolute Gasteiger partial charge is 0.305 e. The van der Waals surface area contributed by atoms with Crippen molar-refractivity contribution in [2.75, 3.05) is 32.4 Å². The van der Waals surface area contributed by atoms with Crippen molar-refractivity contribution in [3.8, 4) is 6.07 Å². The van der Waals surface area contributed by atoms with Crippen LogP contribution >= 0.6 is 0 Å². The predicted molar refractivity (Wildman–Crippen MR) is 50.6 cm³/mol. The summed E-state index contributed by atoms with van der Waals surface area (Å²) in [5.41, 5.74) is 0. The Hall–Kier alpha value is -0.640. The molecule has 0 rings (SSSR count). The van der Waals surface area contributed by atoms with Gasteiger partial charge in [-0.3, -0.25) is 0 Å². The second kappa shape index (κ2) is 5.91. The summed E-state index contributed by atoms with van der Waals surface area (Å²) in [6.45, 7) is 3.87. The maximum Gasteiger partial charge on any atom is 0.225 e. The molecule has 0 atom stereocenters. The number of nitrogens with zero attached hydrogens (tertiary/aromatic N) is 2. The molecule has 0 amide bonds. The van der Waals surface area contributed by atoms with Crippen LogP contribution in [0, 0.1) is 11.3 Å². The van der Waals surface area contributed by atoms with Gasteiger partial charge < -0.3 is 4.90 Å². The second-order valence-electron chi connectivity index (χ2n) is 2.71. The Morgan fingerprint density at radius 2 is 2.15 bits per heavy atom. The van der Waals surface area contributed by atoms with Crippen molar-refractivity contribution in [3.05, 3.63) is 0 Å². The van der Waals surface area contributed by atoms with E-state index in [1.807, 2.05) is 18.9 Å². The van der Waals surface area contributed by atoms with Crippen molar-refractivity contribution in [1.82, 2.24) is 9.62 Å². The van der Waals surface area contributed by atoms with Crippen LogP contribution in [0.25, 0.3) is 0 Å². The highest BCUT2D eigenvalue weighted by Gasteiger charge is 2.07. The minimum Gasteiger partial charge on any atom is -0.305 e. The van der Waals surface area contributed by atoms with Gasteiger partial charge >= 0.3 is 0 Å². The fourth-order valence-electron chi connectivity index (χ4n) is 0.686. The van der Waals surface area contributed by atoms with E-state index in [1.165, 1.54) is 0 Å². The Morgan fingerprint density at radius 3 is 2.62 bits per heavy atom. The number of sulfonamides is 1. The molecule has 1 N–H and O–H groups in total. The number of likely N-dealkylation sites (N-methyl/N-ethyl adjacent to an activating group) is 1. The molecule has 76 valence electrons. The van der Waals surface area contributed by atoms with Gasteiger partial charge in [0.15, 0.2) is 5.75 Å². The van der Waals surface area contributed by atoms with Gasteiger partial charge in [-0.25, -0.2) is 13.1 Å². The Kier molecular flexibility index (Phi) is 5.62. The van der Waals surface area contributed by atoms with Crippen LogP contribution in [0.15, 0.2) is 0 Å². The maximum atomic E-state index is 10.9. The van der Waals surface area contributed by atoms with Crippen molar-refractivity contribution >= 4 is 10.0 Å². The molecule has 0 spiro atoms. The van der Waals surface area contributed by atoms with Gasteiger partial charge in [-0.1, -0.05) is 6.92 Å². The van der Waals surface area contributed by atoms with E-state index >= 15 is 0 Å². The quantitative estimate of drug-likeness (QED) is 0.627. The summed E-state index contributed by atoms with van der Waals surface area (Å²) in [6, 6.07) is 1.60. The molecule has 0 heterocycles. The molecule has 0 unspecified atom stereocenters. The number of hydrogen-bond acceptors (Lipinski definition) is 4. The van der Waals surface area contributed by atoms with E-state index in [4.69, 9.17) is 5.26 Å². The molecule has 0 radical (unpaired) electrons. The molecule has 0 aliphatic rings. The topological polar surface area (TPSA) is 73.2 Å². The normalized spacial score (nSPS) is 11.5. The van der Waals surface area contributed by atoms with Crippen molar-refractivity contribution in [2.24, 2.45) is 0 Å². The van der Waals surface area contributed by atoms with Gasteiger partial charge in [0, 0.05) is 13.1 Å². The van der Waals surface area contributed by atoms with E-state index in [2.05, 4.69) is 4.72 Å². The number of rotatable bonds is 6. The minimum absolute atomic E-state index is 0.356. The highest BCUT2D eigenvalue weighted by molar-refractivity contribution is 7.89. The molecule has 0 aromatic rings. The summed E-state index contributed by atoms with van der Waals surface area (Å²) in [6.07, 6.45) is 0. The fraction of sp³-hybridized carbons (Fsp3) is 0.857. The summed E-state index contributed by atoms with van der Waals surface area (Å²) in [5, 5.41) is 8.18. The van der Waals surface area contributed by atoms with Crippen molar-refractivity contribution in [1.29, 1.82) is 5.26 Å². The van der Waals surface area contributed by atoms with E-state index in [0.717, 1.165) is 6.54 Å². The molecular formula is C7H15N3O2S. The van der Waals surface area contributed by atoms with Crippen LogP contribution in [0.5, 0.6) is 0 Å². The highest BCUT2D eigenvalue weighted by Crippen LogP contribution is 1.83. The Morgan fingerprint density at radius 1 is 1.54 bits per heavy atom. The summed E-state index contributed by atoms with van der Waals surface area (Å²) < 4.78 is 24.2. The summed E-state index contributed by atoms with van der Waals surface area (Å²) in [4.78, 5) is 1.98. The molecule has 0 bridgehead atoms. The lowest BCUT2D eigenvalue weighted by Gasteiger charge is -2.13. The number of hydrogen-bond donors (Lipinski definition) is 1. The summed E-state index contributed by atoms with van der Waals surface area (Å²) in [5.74, 6) is -0.469. The lowest BCUT2D eigenvalue weighted by Crippen LogP contribution is -2.33. The zero-order chi connectivity index (χ0) is 10.3. The zero-order valence-corrected chi connectivity index (χ0v) is 8.76. The van der Waals surface area contributed by atoms with Gasteiger partial charge in [-0.15, -0.1) is 0 Å². The average Bonchev–Trinajstić information content (AvgIpc) is 2.03. The number of nitriles is 1.